The van der Waals surface area contributed by atoms with Gasteiger partial charge in [0.15, 0.2) is 0 Å². The Bertz CT molecular complexity index is 670. The number of aromatic nitrogens is 3. The summed E-state index contributed by atoms with van der Waals surface area (Å²) in [7, 11) is 3.45. The predicted molar refractivity (Wildman–Crippen MR) is 83.2 cm³/mol. The minimum absolute atomic E-state index is 0.123. The molecule has 1 aliphatic heterocycles. The van der Waals surface area contributed by atoms with Gasteiger partial charge in [-0.3, -0.25) is 0 Å². The number of ether oxygens (including phenoxy) is 2. The summed E-state index contributed by atoms with van der Waals surface area (Å²) in [6, 6.07) is 2.99. The molecule has 2 aromatic rings. The van der Waals surface area contributed by atoms with Crippen LogP contribution in [-0.4, -0.2) is 40.3 Å². The number of pyridine rings is 1. The molecule has 0 saturated carbocycles. The highest BCUT2D eigenvalue weighted by Gasteiger charge is 2.33. The van der Waals surface area contributed by atoms with Crippen molar-refractivity contribution in [2.45, 2.75) is 18.6 Å². The molecular weight excluding hydrogens is 298 g/mol. The SMILES string of the molecule is COc1ccc(NC(=O)N[C@H]2CCO[C@@H]2c2nccn2C)cn1. The number of hydrogen-bond acceptors (Lipinski definition) is 5. The Kier molecular flexibility index (Phi) is 4.42. The van der Waals surface area contributed by atoms with E-state index >= 15 is 0 Å². The van der Waals surface area contributed by atoms with Crippen LogP contribution in [-0.2, 0) is 11.8 Å². The van der Waals surface area contributed by atoms with Gasteiger partial charge < -0.3 is 24.7 Å². The van der Waals surface area contributed by atoms with E-state index in [4.69, 9.17) is 9.47 Å². The highest BCUT2D eigenvalue weighted by atomic mass is 16.5. The lowest BCUT2D eigenvalue weighted by atomic mass is 10.1. The number of anilines is 1. The number of methoxy groups -OCH3 is 1. The molecule has 0 spiro atoms. The fourth-order valence-corrected chi connectivity index (χ4v) is 2.55. The van der Waals surface area contributed by atoms with Crippen LogP contribution >= 0.6 is 0 Å². The second-order valence-electron chi connectivity index (χ2n) is 5.27. The highest BCUT2D eigenvalue weighted by Crippen LogP contribution is 2.27. The van der Waals surface area contributed by atoms with Crippen molar-refractivity contribution < 1.29 is 14.3 Å². The molecule has 3 rings (SSSR count). The molecular formula is C15H19N5O3. The number of amides is 2. The Balaban J connectivity index is 1.61. The zero-order valence-corrected chi connectivity index (χ0v) is 13.0. The van der Waals surface area contributed by atoms with E-state index in [-0.39, 0.29) is 18.2 Å². The summed E-state index contributed by atoms with van der Waals surface area (Å²) in [5.41, 5.74) is 0.593. The van der Waals surface area contributed by atoms with Gasteiger partial charge in [0.2, 0.25) is 5.88 Å². The van der Waals surface area contributed by atoms with Crippen molar-refractivity contribution >= 4 is 11.7 Å². The number of imidazole rings is 1. The summed E-state index contributed by atoms with van der Waals surface area (Å²) in [6.07, 6.45) is 5.62. The highest BCUT2D eigenvalue weighted by molar-refractivity contribution is 5.89. The van der Waals surface area contributed by atoms with E-state index in [9.17, 15) is 4.79 Å². The van der Waals surface area contributed by atoms with Crippen LogP contribution < -0.4 is 15.4 Å². The molecule has 1 aliphatic rings. The summed E-state index contributed by atoms with van der Waals surface area (Å²) in [6.45, 7) is 0.590. The Labute approximate surface area is 133 Å². The Morgan fingerprint density at radius 3 is 2.96 bits per heavy atom. The van der Waals surface area contributed by atoms with Gasteiger partial charge in [0, 0.05) is 32.1 Å². The lowest BCUT2D eigenvalue weighted by Gasteiger charge is -2.19. The minimum atomic E-state index is -0.299. The van der Waals surface area contributed by atoms with Gasteiger partial charge in [0.05, 0.1) is 25.0 Å². The van der Waals surface area contributed by atoms with Crippen molar-refractivity contribution in [1.29, 1.82) is 0 Å². The topological polar surface area (TPSA) is 90.3 Å². The Morgan fingerprint density at radius 1 is 1.43 bits per heavy atom. The van der Waals surface area contributed by atoms with Crippen molar-refractivity contribution in [2.24, 2.45) is 7.05 Å². The molecule has 0 radical (unpaired) electrons. The van der Waals surface area contributed by atoms with Gasteiger partial charge in [-0.15, -0.1) is 0 Å². The van der Waals surface area contributed by atoms with E-state index in [2.05, 4.69) is 20.6 Å². The van der Waals surface area contributed by atoms with Crippen LogP contribution in [0.25, 0.3) is 0 Å². The minimum Gasteiger partial charge on any atom is -0.481 e. The molecule has 2 aromatic heterocycles. The zero-order valence-electron chi connectivity index (χ0n) is 13.0. The third-order valence-electron chi connectivity index (χ3n) is 3.72. The fraction of sp³-hybridized carbons (Fsp3) is 0.400. The second-order valence-corrected chi connectivity index (χ2v) is 5.27. The van der Waals surface area contributed by atoms with E-state index < -0.39 is 0 Å². The molecule has 3 heterocycles. The van der Waals surface area contributed by atoms with Gasteiger partial charge >= 0.3 is 6.03 Å². The van der Waals surface area contributed by atoms with Gasteiger partial charge in [-0.2, -0.15) is 0 Å². The molecule has 23 heavy (non-hydrogen) atoms. The van der Waals surface area contributed by atoms with Crippen LogP contribution in [0, 0.1) is 0 Å². The summed E-state index contributed by atoms with van der Waals surface area (Å²) in [4.78, 5) is 20.5. The van der Waals surface area contributed by atoms with E-state index in [1.807, 2.05) is 17.8 Å². The third kappa shape index (κ3) is 3.42. The first-order chi connectivity index (χ1) is 11.2. The number of carbonyl (C=O) groups excluding carboxylic acids is 1. The molecule has 1 fully saturated rings. The van der Waals surface area contributed by atoms with Gasteiger partial charge in [-0.1, -0.05) is 0 Å². The molecule has 2 N–H and O–H groups in total. The van der Waals surface area contributed by atoms with Crippen molar-refractivity contribution in [3.63, 3.8) is 0 Å². The number of rotatable bonds is 4. The average molecular weight is 317 g/mol. The Morgan fingerprint density at radius 2 is 2.30 bits per heavy atom. The van der Waals surface area contributed by atoms with Gasteiger partial charge in [0.25, 0.3) is 0 Å². The van der Waals surface area contributed by atoms with E-state index in [1.54, 1.807) is 31.6 Å². The molecule has 122 valence electrons. The average Bonchev–Trinajstić information content (AvgIpc) is 3.16. The molecule has 0 bridgehead atoms. The number of hydrogen-bond donors (Lipinski definition) is 2. The Hall–Kier alpha value is -2.61. The van der Waals surface area contributed by atoms with Crippen molar-refractivity contribution in [3.05, 3.63) is 36.5 Å². The summed E-state index contributed by atoms with van der Waals surface area (Å²) in [5.74, 6) is 1.30. The monoisotopic (exact) mass is 317 g/mol. The summed E-state index contributed by atoms with van der Waals surface area (Å²) < 4.78 is 12.6. The number of aryl methyl sites for hydroxylation is 1. The molecule has 0 aromatic carbocycles. The van der Waals surface area contributed by atoms with Gasteiger partial charge in [-0.05, 0) is 12.5 Å². The molecule has 1 saturated heterocycles. The summed E-state index contributed by atoms with van der Waals surface area (Å²) in [5, 5.41) is 5.68. The first kappa shape index (κ1) is 15.3. The lowest BCUT2D eigenvalue weighted by molar-refractivity contribution is 0.0913. The maximum atomic E-state index is 12.2. The molecule has 0 unspecified atom stereocenters. The largest absolute Gasteiger partial charge is 0.481 e. The first-order valence-corrected chi connectivity index (χ1v) is 7.34. The standard InChI is InChI=1S/C15H19N5O3/c1-20-7-6-16-14(20)13-11(5-8-23-13)19-15(21)18-10-3-4-12(22-2)17-9-10/h3-4,6-7,9,11,13H,5,8H2,1-2H3,(H2,18,19,21)/t11-,13-/m0/s1. The van der Waals surface area contributed by atoms with E-state index in [0.717, 1.165) is 12.2 Å². The van der Waals surface area contributed by atoms with Crippen LogP contribution in [0.3, 0.4) is 0 Å². The van der Waals surface area contributed by atoms with Crippen LogP contribution in [0.2, 0.25) is 0 Å². The third-order valence-corrected chi connectivity index (χ3v) is 3.72. The fourth-order valence-electron chi connectivity index (χ4n) is 2.55. The molecule has 2 amide bonds. The van der Waals surface area contributed by atoms with Crippen molar-refractivity contribution in [1.82, 2.24) is 19.9 Å². The van der Waals surface area contributed by atoms with Crippen LogP contribution in [0.15, 0.2) is 30.7 Å². The van der Waals surface area contributed by atoms with Gasteiger partial charge in [-0.25, -0.2) is 14.8 Å². The molecule has 2 atom stereocenters. The zero-order chi connectivity index (χ0) is 16.2. The lowest BCUT2D eigenvalue weighted by Crippen LogP contribution is -2.40. The first-order valence-electron chi connectivity index (χ1n) is 7.34. The van der Waals surface area contributed by atoms with Crippen molar-refractivity contribution in [3.8, 4) is 5.88 Å². The van der Waals surface area contributed by atoms with Crippen molar-refractivity contribution in [2.75, 3.05) is 19.0 Å². The maximum Gasteiger partial charge on any atom is 0.319 e. The van der Waals surface area contributed by atoms with E-state index in [1.165, 1.54) is 0 Å². The number of nitrogens with zero attached hydrogens (tertiary/aromatic N) is 3. The molecule has 8 heteroatoms. The predicted octanol–water partition coefficient (Wildman–Crippen LogP) is 1.48. The normalized spacial score (nSPS) is 20.3. The number of nitrogens with one attached hydrogen (secondary N) is 2. The number of urea groups is 1. The quantitative estimate of drug-likeness (QED) is 0.891. The molecule has 0 aliphatic carbocycles. The van der Waals surface area contributed by atoms with Crippen LogP contribution in [0.5, 0.6) is 5.88 Å². The molecule has 8 nitrogen and oxygen atoms in total. The maximum absolute atomic E-state index is 12.2. The summed E-state index contributed by atoms with van der Waals surface area (Å²) >= 11 is 0. The van der Waals surface area contributed by atoms with Crippen LogP contribution in [0.4, 0.5) is 10.5 Å². The smallest absolute Gasteiger partial charge is 0.319 e. The van der Waals surface area contributed by atoms with Crippen LogP contribution in [0.1, 0.15) is 18.3 Å². The van der Waals surface area contributed by atoms with E-state index in [0.29, 0.717) is 18.2 Å². The second kappa shape index (κ2) is 6.66. The number of carbonyl (C=O) groups is 1. The van der Waals surface area contributed by atoms with Gasteiger partial charge in [0.1, 0.15) is 11.9 Å².